The van der Waals surface area contributed by atoms with Crippen molar-refractivity contribution in [2.75, 3.05) is 13.2 Å². The lowest BCUT2D eigenvalue weighted by molar-refractivity contribution is -0.0313. The number of aromatic amines is 1. The van der Waals surface area contributed by atoms with Crippen molar-refractivity contribution in [2.45, 2.75) is 96.1 Å². The molecular formula is C25H39N3O3. The first-order chi connectivity index (χ1) is 14.6. The van der Waals surface area contributed by atoms with Gasteiger partial charge in [0.05, 0.1) is 23.7 Å². The Morgan fingerprint density at radius 2 is 1.97 bits per heavy atom. The highest BCUT2D eigenvalue weighted by atomic mass is 16.5. The molecule has 0 spiro atoms. The molecule has 2 aromatic rings. The second-order valence-electron chi connectivity index (χ2n) is 10.9. The average Bonchev–Trinajstić information content (AvgIpc) is 3.21. The van der Waals surface area contributed by atoms with E-state index in [1.807, 2.05) is 0 Å². The molecule has 1 saturated carbocycles. The molecule has 2 heterocycles. The van der Waals surface area contributed by atoms with Gasteiger partial charge in [-0.1, -0.05) is 26.8 Å². The molecule has 0 bridgehead atoms. The maximum Gasteiger partial charge on any atom is 0.109 e. The van der Waals surface area contributed by atoms with Crippen LogP contribution in [0, 0.1) is 5.92 Å². The number of fused-ring (bicyclic) bond motifs is 1. The molecule has 2 unspecified atom stereocenters. The number of hydrogen-bond acceptors (Lipinski definition) is 5. The largest absolute Gasteiger partial charge is 0.388 e. The number of imidazole rings is 1. The van der Waals surface area contributed by atoms with Gasteiger partial charge in [0, 0.05) is 25.0 Å². The van der Waals surface area contributed by atoms with Gasteiger partial charge in [-0.15, -0.1) is 0 Å². The predicted octanol–water partition coefficient (Wildman–Crippen LogP) is 3.40. The van der Waals surface area contributed by atoms with Crippen LogP contribution in [0.2, 0.25) is 0 Å². The van der Waals surface area contributed by atoms with E-state index in [0.29, 0.717) is 24.5 Å². The van der Waals surface area contributed by atoms with Gasteiger partial charge in [0.2, 0.25) is 0 Å². The summed E-state index contributed by atoms with van der Waals surface area (Å²) in [6.45, 7) is 12.0. The SMILES string of the molecule is CC(C)N(C[C@H]1OCC(O)C1O)C1CC(CCc2nc3ccc(C(C)(C)C)cc3[nH]2)C1. The molecular weight excluding hydrogens is 390 g/mol. The van der Waals surface area contributed by atoms with Crippen molar-refractivity contribution in [2.24, 2.45) is 5.92 Å². The molecule has 3 atom stereocenters. The number of nitrogens with zero attached hydrogens (tertiary/aromatic N) is 2. The highest BCUT2D eigenvalue weighted by molar-refractivity contribution is 5.76. The van der Waals surface area contributed by atoms with Crippen molar-refractivity contribution in [3.63, 3.8) is 0 Å². The van der Waals surface area contributed by atoms with Gasteiger partial charge < -0.3 is 19.9 Å². The van der Waals surface area contributed by atoms with E-state index in [9.17, 15) is 10.2 Å². The van der Waals surface area contributed by atoms with Crippen molar-refractivity contribution in [1.29, 1.82) is 0 Å². The summed E-state index contributed by atoms with van der Waals surface area (Å²) < 4.78 is 5.61. The highest BCUT2D eigenvalue weighted by Gasteiger charge is 2.40. The molecule has 172 valence electrons. The monoisotopic (exact) mass is 429 g/mol. The van der Waals surface area contributed by atoms with Crippen LogP contribution in [0.15, 0.2) is 18.2 Å². The van der Waals surface area contributed by atoms with Crippen LogP contribution in [0.3, 0.4) is 0 Å². The molecule has 6 nitrogen and oxygen atoms in total. The van der Waals surface area contributed by atoms with E-state index in [2.05, 4.69) is 62.7 Å². The van der Waals surface area contributed by atoms with Crippen LogP contribution in [0.1, 0.15) is 65.3 Å². The second kappa shape index (κ2) is 8.81. The molecule has 2 fully saturated rings. The fourth-order valence-electron chi connectivity index (χ4n) is 5.01. The summed E-state index contributed by atoms with van der Waals surface area (Å²) in [5, 5.41) is 19.9. The lowest BCUT2D eigenvalue weighted by Crippen LogP contribution is -2.52. The van der Waals surface area contributed by atoms with E-state index in [4.69, 9.17) is 9.72 Å². The Kier molecular flexibility index (Phi) is 6.46. The lowest BCUT2D eigenvalue weighted by Gasteiger charge is -2.46. The number of aliphatic hydroxyl groups excluding tert-OH is 2. The molecule has 4 rings (SSSR count). The Morgan fingerprint density at radius 3 is 2.58 bits per heavy atom. The average molecular weight is 430 g/mol. The zero-order valence-electron chi connectivity index (χ0n) is 19.6. The molecule has 1 aromatic carbocycles. The first kappa shape index (κ1) is 22.7. The molecule has 1 saturated heterocycles. The third-order valence-electron chi connectivity index (χ3n) is 7.18. The third kappa shape index (κ3) is 4.98. The van der Waals surface area contributed by atoms with Gasteiger partial charge in [-0.3, -0.25) is 4.90 Å². The number of aromatic nitrogens is 2. The number of aliphatic hydroxyl groups is 2. The minimum Gasteiger partial charge on any atom is -0.388 e. The van der Waals surface area contributed by atoms with Crippen LogP contribution in [0.4, 0.5) is 0 Å². The Bertz CT molecular complexity index is 882. The smallest absolute Gasteiger partial charge is 0.109 e. The van der Waals surface area contributed by atoms with Crippen LogP contribution >= 0.6 is 0 Å². The van der Waals surface area contributed by atoms with Gasteiger partial charge in [0.15, 0.2) is 0 Å². The summed E-state index contributed by atoms with van der Waals surface area (Å²) in [5.41, 5.74) is 3.66. The van der Waals surface area contributed by atoms with Gasteiger partial charge in [0.25, 0.3) is 0 Å². The molecule has 1 aliphatic carbocycles. The van der Waals surface area contributed by atoms with Gasteiger partial charge in [-0.25, -0.2) is 4.98 Å². The molecule has 3 N–H and O–H groups in total. The van der Waals surface area contributed by atoms with Crippen LogP contribution in [-0.4, -0.2) is 68.6 Å². The minimum atomic E-state index is -0.774. The number of benzene rings is 1. The predicted molar refractivity (Wildman–Crippen MR) is 123 cm³/mol. The maximum atomic E-state index is 10.1. The summed E-state index contributed by atoms with van der Waals surface area (Å²) in [6.07, 6.45) is 2.67. The molecule has 0 amide bonds. The molecule has 1 aliphatic heterocycles. The lowest BCUT2D eigenvalue weighted by atomic mass is 9.76. The van der Waals surface area contributed by atoms with Crippen molar-refractivity contribution in [3.8, 4) is 0 Å². The van der Waals surface area contributed by atoms with E-state index in [1.165, 1.54) is 18.4 Å². The Hall–Kier alpha value is -1.47. The Labute approximate surface area is 186 Å². The zero-order chi connectivity index (χ0) is 22.3. The summed E-state index contributed by atoms with van der Waals surface area (Å²) >= 11 is 0. The normalized spacial score (nSPS) is 29.3. The van der Waals surface area contributed by atoms with E-state index < -0.39 is 12.2 Å². The van der Waals surface area contributed by atoms with E-state index in [1.54, 1.807) is 0 Å². The standard InChI is InChI=1S/C25H39N3O3/c1-15(2)28(13-22-24(30)21(29)14-31-22)18-10-16(11-18)6-9-23-26-19-8-7-17(25(3,4)5)12-20(19)27-23/h7-8,12,15-16,18,21-22,24,29-30H,6,9-11,13-14H2,1-5H3,(H,26,27)/t16?,18?,21?,22-,24?/m1/s1. The summed E-state index contributed by atoms with van der Waals surface area (Å²) in [7, 11) is 0. The number of hydrogen-bond donors (Lipinski definition) is 3. The first-order valence-electron chi connectivity index (χ1n) is 11.8. The Balaban J connectivity index is 1.29. The van der Waals surface area contributed by atoms with Crippen LogP contribution < -0.4 is 0 Å². The zero-order valence-corrected chi connectivity index (χ0v) is 19.6. The van der Waals surface area contributed by atoms with Crippen molar-refractivity contribution in [3.05, 3.63) is 29.6 Å². The highest BCUT2D eigenvalue weighted by Crippen LogP contribution is 2.36. The first-order valence-corrected chi connectivity index (χ1v) is 11.8. The van der Waals surface area contributed by atoms with Crippen molar-refractivity contribution in [1.82, 2.24) is 14.9 Å². The van der Waals surface area contributed by atoms with Gasteiger partial charge in [0.1, 0.15) is 18.0 Å². The topological polar surface area (TPSA) is 81.6 Å². The van der Waals surface area contributed by atoms with Crippen LogP contribution in [-0.2, 0) is 16.6 Å². The number of aryl methyl sites for hydroxylation is 1. The summed E-state index contributed by atoms with van der Waals surface area (Å²) in [6, 6.07) is 7.48. The fourth-order valence-corrected chi connectivity index (χ4v) is 5.01. The third-order valence-corrected chi connectivity index (χ3v) is 7.18. The van der Waals surface area contributed by atoms with Crippen molar-refractivity contribution < 1.29 is 14.9 Å². The molecule has 2 aliphatic rings. The van der Waals surface area contributed by atoms with E-state index in [0.717, 1.165) is 29.7 Å². The second-order valence-corrected chi connectivity index (χ2v) is 10.9. The van der Waals surface area contributed by atoms with Crippen LogP contribution in [0.25, 0.3) is 11.0 Å². The van der Waals surface area contributed by atoms with Gasteiger partial charge >= 0.3 is 0 Å². The molecule has 6 heteroatoms. The molecule has 1 aromatic heterocycles. The van der Waals surface area contributed by atoms with E-state index >= 15 is 0 Å². The van der Waals surface area contributed by atoms with Crippen LogP contribution in [0.5, 0.6) is 0 Å². The maximum absolute atomic E-state index is 10.1. The Morgan fingerprint density at radius 1 is 1.23 bits per heavy atom. The number of ether oxygens (including phenoxy) is 1. The van der Waals surface area contributed by atoms with Crippen molar-refractivity contribution >= 4 is 11.0 Å². The quantitative estimate of drug-likeness (QED) is 0.628. The van der Waals surface area contributed by atoms with E-state index in [-0.39, 0.29) is 18.1 Å². The number of rotatable bonds is 7. The summed E-state index contributed by atoms with van der Waals surface area (Å²) in [4.78, 5) is 10.8. The van der Waals surface area contributed by atoms with Gasteiger partial charge in [-0.2, -0.15) is 0 Å². The number of nitrogens with one attached hydrogen (secondary N) is 1. The minimum absolute atomic E-state index is 0.139. The summed E-state index contributed by atoms with van der Waals surface area (Å²) in [5.74, 6) is 1.80. The molecule has 0 radical (unpaired) electrons. The fraction of sp³-hybridized carbons (Fsp3) is 0.720. The molecule has 31 heavy (non-hydrogen) atoms. The number of H-pyrrole nitrogens is 1. The van der Waals surface area contributed by atoms with Gasteiger partial charge in [-0.05, 0) is 62.1 Å².